The fourth-order valence-corrected chi connectivity index (χ4v) is 4.19. The summed E-state index contributed by atoms with van der Waals surface area (Å²) < 4.78 is 6.03. The van der Waals surface area contributed by atoms with Crippen molar-refractivity contribution in [2.24, 2.45) is 0 Å². The summed E-state index contributed by atoms with van der Waals surface area (Å²) in [6.07, 6.45) is 8.77. The Balaban J connectivity index is 1.52. The minimum atomic E-state index is 0.290. The molecule has 0 bridgehead atoms. The van der Waals surface area contributed by atoms with Gasteiger partial charge in [0.05, 0.1) is 17.7 Å². The van der Waals surface area contributed by atoms with Gasteiger partial charge in [0.15, 0.2) is 0 Å². The summed E-state index contributed by atoms with van der Waals surface area (Å²) in [5.74, 6) is 2.29. The first kappa shape index (κ1) is 19.5. The van der Waals surface area contributed by atoms with Crippen molar-refractivity contribution in [1.82, 2.24) is 0 Å². The Bertz CT molecular complexity index is 733. The average Bonchev–Trinajstić information content (AvgIpc) is 2.73. The van der Waals surface area contributed by atoms with Gasteiger partial charge in [-0.05, 0) is 86.3 Å². The fourth-order valence-electron chi connectivity index (χ4n) is 4.19. The van der Waals surface area contributed by atoms with E-state index in [0.717, 1.165) is 17.7 Å². The van der Waals surface area contributed by atoms with Crippen molar-refractivity contribution in [3.63, 3.8) is 0 Å². The number of nitriles is 1. The zero-order valence-electron chi connectivity index (χ0n) is 16.7. The van der Waals surface area contributed by atoms with Crippen LogP contribution in [0.3, 0.4) is 0 Å². The highest BCUT2D eigenvalue weighted by Gasteiger charge is 2.23. The molecule has 0 aromatic heterocycles. The highest BCUT2D eigenvalue weighted by molar-refractivity contribution is 5.34. The molecule has 0 saturated heterocycles. The third-order valence-electron chi connectivity index (χ3n) is 5.89. The molecule has 27 heavy (non-hydrogen) atoms. The first-order valence-corrected chi connectivity index (χ1v) is 10.5. The lowest BCUT2D eigenvalue weighted by molar-refractivity contribution is 0.207. The Morgan fingerprint density at radius 3 is 1.93 bits per heavy atom. The summed E-state index contributed by atoms with van der Waals surface area (Å²) in [7, 11) is 0. The van der Waals surface area contributed by atoms with Crippen molar-refractivity contribution < 1.29 is 4.74 Å². The average molecular weight is 362 g/mol. The SMILES string of the molecule is CCCCC(C)Oc1ccc([C@H]2CC[C@H](c3ccc(C#N)cc3)CC2)cc1. The maximum absolute atomic E-state index is 8.95. The highest BCUT2D eigenvalue weighted by Crippen LogP contribution is 2.40. The smallest absolute Gasteiger partial charge is 0.119 e. The lowest BCUT2D eigenvalue weighted by atomic mass is 9.76. The monoisotopic (exact) mass is 361 g/mol. The molecule has 2 heteroatoms. The molecule has 1 unspecified atom stereocenters. The van der Waals surface area contributed by atoms with Crippen LogP contribution in [0.4, 0.5) is 0 Å². The van der Waals surface area contributed by atoms with Gasteiger partial charge in [0.1, 0.15) is 5.75 Å². The molecule has 0 spiro atoms. The second-order valence-electron chi connectivity index (χ2n) is 7.92. The van der Waals surface area contributed by atoms with Gasteiger partial charge in [0.25, 0.3) is 0 Å². The number of hydrogen-bond donors (Lipinski definition) is 0. The molecule has 1 atom stereocenters. The van der Waals surface area contributed by atoms with Gasteiger partial charge in [-0.2, -0.15) is 5.26 Å². The summed E-state index contributed by atoms with van der Waals surface area (Å²) in [5.41, 5.74) is 3.58. The highest BCUT2D eigenvalue weighted by atomic mass is 16.5. The van der Waals surface area contributed by atoms with Crippen LogP contribution in [0.5, 0.6) is 5.75 Å². The Kier molecular flexibility index (Phi) is 6.93. The molecule has 1 saturated carbocycles. The first-order chi connectivity index (χ1) is 13.2. The maximum Gasteiger partial charge on any atom is 0.119 e. The van der Waals surface area contributed by atoms with Gasteiger partial charge >= 0.3 is 0 Å². The summed E-state index contributed by atoms with van der Waals surface area (Å²) in [6.45, 7) is 4.38. The number of hydrogen-bond acceptors (Lipinski definition) is 2. The van der Waals surface area contributed by atoms with Gasteiger partial charge < -0.3 is 4.74 Å². The molecule has 2 aromatic carbocycles. The molecule has 3 rings (SSSR count). The molecular formula is C25H31NO. The first-order valence-electron chi connectivity index (χ1n) is 10.5. The lowest BCUT2D eigenvalue weighted by Gasteiger charge is -2.29. The van der Waals surface area contributed by atoms with E-state index in [1.54, 1.807) is 0 Å². The summed E-state index contributed by atoms with van der Waals surface area (Å²) in [5, 5.41) is 8.95. The van der Waals surface area contributed by atoms with Gasteiger partial charge in [0.2, 0.25) is 0 Å². The van der Waals surface area contributed by atoms with E-state index in [1.165, 1.54) is 49.7 Å². The van der Waals surface area contributed by atoms with Gasteiger partial charge in [-0.15, -0.1) is 0 Å². The van der Waals surface area contributed by atoms with Crippen LogP contribution in [0.15, 0.2) is 48.5 Å². The molecule has 0 heterocycles. The number of nitrogens with zero attached hydrogens (tertiary/aromatic N) is 1. The van der Waals surface area contributed by atoms with Gasteiger partial charge in [-0.3, -0.25) is 0 Å². The van der Waals surface area contributed by atoms with Crippen LogP contribution in [-0.4, -0.2) is 6.10 Å². The van der Waals surface area contributed by atoms with E-state index in [-0.39, 0.29) is 0 Å². The minimum Gasteiger partial charge on any atom is -0.491 e. The second-order valence-corrected chi connectivity index (χ2v) is 7.92. The molecule has 142 valence electrons. The summed E-state index contributed by atoms with van der Waals surface area (Å²) >= 11 is 0. The van der Waals surface area contributed by atoms with Crippen LogP contribution in [0, 0.1) is 11.3 Å². The molecule has 1 fully saturated rings. The van der Waals surface area contributed by atoms with E-state index in [2.05, 4.69) is 56.3 Å². The zero-order valence-corrected chi connectivity index (χ0v) is 16.7. The normalized spacial score (nSPS) is 20.6. The van der Waals surface area contributed by atoms with Gasteiger partial charge in [0, 0.05) is 0 Å². The van der Waals surface area contributed by atoms with E-state index < -0.39 is 0 Å². The van der Waals surface area contributed by atoms with Crippen molar-refractivity contribution in [3.05, 3.63) is 65.2 Å². The summed E-state index contributed by atoms with van der Waals surface area (Å²) in [4.78, 5) is 0. The van der Waals surface area contributed by atoms with Gasteiger partial charge in [-0.1, -0.05) is 44.0 Å². The minimum absolute atomic E-state index is 0.290. The predicted molar refractivity (Wildman–Crippen MR) is 111 cm³/mol. The van der Waals surface area contributed by atoms with Crippen LogP contribution in [0.2, 0.25) is 0 Å². The number of rotatable bonds is 7. The number of benzene rings is 2. The van der Waals surface area contributed by atoms with E-state index in [9.17, 15) is 0 Å². The molecule has 1 aliphatic carbocycles. The van der Waals surface area contributed by atoms with Crippen LogP contribution >= 0.6 is 0 Å². The van der Waals surface area contributed by atoms with Crippen LogP contribution in [-0.2, 0) is 0 Å². The fraction of sp³-hybridized carbons (Fsp3) is 0.480. The third kappa shape index (κ3) is 5.36. The molecule has 0 aliphatic heterocycles. The van der Waals surface area contributed by atoms with Gasteiger partial charge in [-0.25, -0.2) is 0 Å². The molecule has 2 nitrogen and oxygen atoms in total. The van der Waals surface area contributed by atoms with Crippen molar-refractivity contribution in [3.8, 4) is 11.8 Å². The van der Waals surface area contributed by atoms with Crippen LogP contribution < -0.4 is 4.74 Å². The quantitative estimate of drug-likeness (QED) is 0.534. The summed E-state index contributed by atoms with van der Waals surface area (Å²) in [6, 6.07) is 19.2. The van der Waals surface area contributed by atoms with Crippen LogP contribution in [0.25, 0.3) is 0 Å². The lowest BCUT2D eigenvalue weighted by Crippen LogP contribution is -2.13. The largest absolute Gasteiger partial charge is 0.491 e. The Labute approximate surface area is 164 Å². The van der Waals surface area contributed by atoms with E-state index in [0.29, 0.717) is 17.9 Å². The van der Waals surface area contributed by atoms with Crippen LogP contribution in [0.1, 0.15) is 87.3 Å². The number of ether oxygens (including phenoxy) is 1. The molecular weight excluding hydrogens is 330 g/mol. The van der Waals surface area contributed by atoms with Crippen molar-refractivity contribution in [2.45, 2.75) is 76.7 Å². The maximum atomic E-state index is 8.95. The molecule has 2 aromatic rings. The molecule has 0 radical (unpaired) electrons. The Morgan fingerprint density at radius 2 is 1.44 bits per heavy atom. The van der Waals surface area contributed by atoms with E-state index in [1.807, 2.05) is 12.1 Å². The molecule has 0 N–H and O–H groups in total. The zero-order chi connectivity index (χ0) is 19.1. The Morgan fingerprint density at radius 1 is 0.926 bits per heavy atom. The topological polar surface area (TPSA) is 33.0 Å². The van der Waals surface area contributed by atoms with Crippen molar-refractivity contribution in [1.29, 1.82) is 5.26 Å². The number of unbranched alkanes of at least 4 members (excludes halogenated alkanes) is 1. The second kappa shape index (κ2) is 9.60. The van der Waals surface area contributed by atoms with E-state index >= 15 is 0 Å². The standard InChI is InChI=1S/C25H31NO/c1-3-4-5-19(2)27-25-16-14-24(15-17-25)23-12-10-22(11-13-23)21-8-6-20(18-26)7-9-21/h6-9,14-17,19,22-23H,3-5,10-13H2,1-2H3/t19?,22-,23-. The molecule has 1 aliphatic rings. The molecule has 0 amide bonds. The van der Waals surface area contributed by atoms with E-state index in [4.69, 9.17) is 10.00 Å². The van der Waals surface area contributed by atoms with Crippen molar-refractivity contribution >= 4 is 0 Å². The van der Waals surface area contributed by atoms with Crippen molar-refractivity contribution in [2.75, 3.05) is 0 Å². The Hall–Kier alpha value is -2.27. The third-order valence-corrected chi connectivity index (χ3v) is 5.89. The predicted octanol–water partition coefficient (Wildman–Crippen LogP) is 6.96.